The van der Waals surface area contributed by atoms with Gasteiger partial charge in [0.2, 0.25) is 0 Å². The number of nitrogens with two attached hydrogens (primary N) is 1. The summed E-state index contributed by atoms with van der Waals surface area (Å²) >= 11 is 0. The quantitative estimate of drug-likeness (QED) is 0.580. The zero-order chi connectivity index (χ0) is 15.1. The van der Waals surface area contributed by atoms with Crippen molar-refractivity contribution in [2.75, 3.05) is 32.7 Å². The van der Waals surface area contributed by atoms with Crippen molar-refractivity contribution < 1.29 is 13.9 Å². The van der Waals surface area contributed by atoms with Crippen LogP contribution in [-0.4, -0.2) is 47.1 Å². The normalized spacial score (nSPS) is 11.0. The molecule has 2 aromatic rings. The average molecular weight is 295 g/mol. The van der Waals surface area contributed by atoms with Gasteiger partial charge in [0.1, 0.15) is 5.82 Å². The van der Waals surface area contributed by atoms with Gasteiger partial charge in [0.05, 0.1) is 18.8 Å². The molecule has 0 unspecified atom stereocenters. The Labute approximate surface area is 121 Å². The van der Waals surface area contributed by atoms with Gasteiger partial charge in [-0.2, -0.15) is 0 Å². The number of nitrogen functional groups attached to an aromatic ring is 1. The van der Waals surface area contributed by atoms with E-state index < -0.39 is 5.82 Å². The van der Waals surface area contributed by atoms with Crippen LogP contribution in [0.3, 0.4) is 0 Å². The van der Waals surface area contributed by atoms with Crippen LogP contribution in [-0.2, 0) is 16.0 Å². The highest BCUT2D eigenvalue weighted by molar-refractivity contribution is 5.61. The van der Waals surface area contributed by atoms with Gasteiger partial charge in [0, 0.05) is 25.9 Å². The topological polar surface area (TPSA) is 88.1 Å². The van der Waals surface area contributed by atoms with Crippen LogP contribution in [0.25, 0.3) is 11.4 Å². The zero-order valence-electron chi connectivity index (χ0n) is 11.8. The summed E-state index contributed by atoms with van der Waals surface area (Å²) in [4.78, 5) is 0. The number of methoxy groups -OCH3 is 1. The number of rotatable bonds is 8. The second kappa shape index (κ2) is 7.65. The monoisotopic (exact) mass is 295 g/mol. The van der Waals surface area contributed by atoms with E-state index in [0.29, 0.717) is 49.9 Å². The molecule has 1 aromatic heterocycles. The number of aryl methyl sites for hydroxylation is 1. The lowest BCUT2D eigenvalue weighted by Crippen LogP contribution is -2.09. The number of hydrogen-bond donors (Lipinski definition) is 1. The smallest absolute Gasteiger partial charge is 0.185 e. The molecule has 2 rings (SSSR count). The summed E-state index contributed by atoms with van der Waals surface area (Å²) in [7, 11) is 1.62. The van der Waals surface area contributed by atoms with Crippen molar-refractivity contribution in [1.29, 1.82) is 0 Å². The fourth-order valence-electron chi connectivity index (χ4n) is 1.82. The number of ether oxygens (including phenoxy) is 2. The summed E-state index contributed by atoms with van der Waals surface area (Å²) in [6.07, 6.45) is 0.714. The largest absolute Gasteiger partial charge is 0.399 e. The number of hydrogen-bond acceptors (Lipinski definition) is 6. The molecule has 0 aliphatic rings. The molecule has 0 bridgehead atoms. The van der Waals surface area contributed by atoms with E-state index in [9.17, 15) is 4.39 Å². The Balaban J connectivity index is 1.97. The number of anilines is 1. The highest BCUT2D eigenvalue weighted by Gasteiger charge is 2.13. The summed E-state index contributed by atoms with van der Waals surface area (Å²) in [6.45, 7) is 2.19. The molecule has 0 fully saturated rings. The molecule has 2 N–H and O–H groups in total. The average Bonchev–Trinajstić information content (AvgIpc) is 2.93. The van der Waals surface area contributed by atoms with Gasteiger partial charge >= 0.3 is 0 Å². The second-order valence-electron chi connectivity index (χ2n) is 4.42. The summed E-state index contributed by atoms with van der Waals surface area (Å²) in [6, 6.07) is 4.32. The van der Waals surface area contributed by atoms with Crippen molar-refractivity contribution in [3.8, 4) is 11.4 Å². The molecule has 0 atom stereocenters. The maximum absolute atomic E-state index is 13.8. The standard InChI is InChI=1S/C13H18FN5O2/c1-20-7-8-21-6-2-5-19-13(16-17-18-19)11-9-10(15)3-4-12(11)14/h3-4,9H,2,5-8,15H2,1H3. The van der Waals surface area contributed by atoms with Gasteiger partial charge in [0.15, 0.2) is 5.82 Å². The molecular weight excluding hydrogens is 277 g/mol. The lowest BCUT2D eigenvalue weighted by Gasteiger charge is -2.07. The van der Waals surface area contributed by atoms with Gasteiger partial charge in [-0.1, -0.05) is 0 Å². The highest BCUT2D eigenvalue weighted by atomic mass is 19.1. The van der Waals surface area contributed by atoms with Gasteiger partial charge in [-0.3, -0.25) is 0 Å². The van der Waals surface area contributed by atoms with Crippen LogP contribution in [0.5, 0.6) is 0 Å². The summed E-state index contributed by atoms with van der Waals surface area (Å²) in [5, 5.41) is 11.3. The van der Waals surface area contributed by atoms with Crippen molar-refractivity contribution in [2.45, 2.75) is 13.0 Å². The van der Waals surface area contributed by atoms with Crippen LogP contribution in [0.1, 0.15) is 6.42 Å². The molecule has 1 heterocycles. The minimum absolute atomic E-state index is 0.292. The Bertz CT molecular complexity index is 575. The van der Waals surface area contributed by atoms with Crippen LogP contribution < -0.4 is 5.73 Å². The first kappa shape index (κ1) is 15.3. The third kappa shape index (κ3) is 4.20. The fourth-order valence-corrected chi connectivity index (χ4v) is 1.82. The van der Waals surface area contributed by atoms with Crippen LogP contribution in [0.4, 0.5) is 10.1 Å². The second-order valence-corrected chi connectivity index (χ2v) is 4.42. The third-order valence-corrected chi connectivity index (χ3v) is 2.85. The van der Waals surface area contributed by atoms with Crippen LogP contribution in [0, 0.1) is 5.82 Å². The first-order valence-electron chi connectivity index (χ1n) is 6.60. The van der Waals surface area contributed by atoms with E-state index in [0.717, 1.165) is 0 Å². The Kier molecular flexibility index (Phi) is 5.59. The van der Waals surface area contributed by atoms with E-state index in [1.807, 2.05) is 0 Å². The Morgan fingerprint density at radius 1 is 1.29 bits per heavy atom. The van der Waals surface area contributed by atoms with Crippen LogP contribution in [0.2, 0.25) is 0 Å². The molecule has 0 aliphatic carbocycles. The third-order valence-electron chi connectivity index (χ3n) is 2.85. The number of benzene rings is 1. The Morgan fingerprint density at radius 3 is 2.95 bits per heavy atom. The Morgan fingerprint density at radius 2 is 2.14 bits per heavy atom. The molecule has 0 saturated carbocycles. The van der Waals surface area contributed by atoms with E-state index in [4.69, 9.17) is 15.2 Å². The lowest BCUT2D eigenvalue weighted by atomic mass is 10.2. The molecule has 21 heavy (non-hydrogen) atoms. The first-order valence-corrected chi connectivity index (χ1v) is 6.60. The molecule has 7 nitrogen and oxygen atoms in total. The predicted molar refractivity (Wildman–Crippen MR) is 74.9 cm³/mol. The summed E-state index contributed by atoms with van der Waals surface area (Å²) < 4.78 is 25.6. The lowest BCUT2D eigenvalue weighted by molar-refractivity contribution is 0.0677. The van der Waals surface area contributed by atoms with Crippen LogP contribution in [0.15, 0.2) is 18.2 Å². The molecular formula is C13H18FN5O2. The van der Waals surface area contributed by atoms with Gasteiger partial charge < -0.3 is 15.2 Å². The number of tetrazole rings is 1. The van der Waals surface area contributed by atoms with Gasteiger partial charge in [-0.15, -0.1) is 5.10 Å². The minimum Gasteiger partial charge on any atom is -0.399 e. The van der Waals surface area contributed by atoms with E-state index in [1.54, 1.807) is 7.11 Å². The van der Waals surface area contributed by atoms with Gasteiger partial charge in [0.25, 0.3) is 0 Å². The Hall–Kier alpha value is -2.06. The molecule has 0 amide bonds. The zero-order valence-corrected chi connectivity index (χ0v) is 11.8. The SMILES string of the molecule is COCCOCCCn1nnnc1-c1cc(N)ccc1F. The van der Waals surface area contributed by atoms with E-state index >= 15 is 0 Å². The first-order chi connectivity index (χ1) is 10.2. The van der Waals surface area contributed by atoms with Crippen molar-refractivity contribution in [2.24, 2.45) is 0 Å². The van der Waals surface area contributed by atoms with Crippen molar-refractivity contribution in [1.82, 2.24) is 20.2 Å². The van der Waals surface area contributed by atoms with Crippen molar-refractivity contribution in [3.05, 3.63) is 24.0 Å². The number of halogens is 1. The highest BCUT2D eigenvalue weighted by Crippen LogP contribution is 2.22. The van der Waals surface area contributed by atoms with Crippen molar-refractivity contribution >= 4 is 5.69 Å². The number of aromatic nitrogens is 4. The van der Waals surface area contributed by atoms with Gasteiger partial charge in [-0.05, 0) is 35.0 Å². The maximum Gasteiger partial charge on any atom is 0.185 e. The minimum atomic E-state index is -0.406. The molecule has 0 spiro atoms. The maximum atomic E-state index is 13.8. The fraction of sp³-hybridized carbons (Fsp3) is 0.462. The molecule has 0 aliphatic heterocycles. The van der Waals surface area contributed by atoms with Gasteiger partial charge in [-0.25, -0.2) is 9.07 Å². The van der Waals surface area contributed by atoms with E-state index in [1.165, 1.54) is 22.9 Å². The number of nitrogens with zero attached hydrogens (tertiary/aromatic N) is 4. The summed E-state index contributed by atoms with van der Waals surface area (Å²) in [5.74, 6) is -0.0479. The molecule has 0 radical (unpaired) electrons. The summed E-state index contributed by atoms with van der Waals surface area (Å²) in [5.41, 5.74) is 6.43. The molecule has 8 heteroatoms. The predicted octanol–water partition coefficient (Wildman–Crippen LogP) is 1.11. The molecule has 1 aromatic carbocycles. The molecule has 114 valence electrons. The van der Waals surface area contributed by atoms with Crippen molar-refractivity contribution in [3.63, 3.8) is 0 Å². The van der Waals surface area contributed by atoms with E-state index in [2.05, 4.69) is 15.5 Å². The van der Waals surface area contributed by atoms with E-state index in [-0.39, 0.29) is 0 Å². The molecule has 0 saturated heterocycles. The van der Waals surface area contributed by atoms with Crippen LogP contribution >= 0.6 is 0 Å².